The van der Waals surface area contributed by atoms with Crippen molar-refractivity contribution in [1.82, 2.24) is 15.1 Å². The van der Waals surface area contributed by atoms with Gasteiger partial charge in [-0.3, -0.25) is 14.5 Å². The van der Waals surface area contributed by atoms with Gasteiger partial charge < -0.3 is 19.7 Å². The molecule has 1 N–H and O–H groups in total. The number of likely N-dealkylation sites (N-methyl/N-ethyl adjacent to an activating group) is 1. The number of amides is 4. The highest BCUT2D eigenvalue weighted by Gasteiger charge is 2.55. The molecule has 2 heterocycles. The third-order valence-corrected chi connectivity index (χ3v) is 6.52. The molecule has 1 aromatic carbocycles. The first-order valence-corrected chi connectivity index (χ1v) is 10.7. The van der Waals surface area contributed by atoms with Gasteiger partial charge in [-0.1, -0.05) is 31.9 Å². The maximum absolute atomic E-state index is 13.1. The lowest BCUT2D eigenvalue weighted by atomic mass is 9.73. The van der Waals surface area contributed by atoms with Crippen LogP contribution < -0.4 is 14.8 Å². The van der Waals surface area contributed by atoms with Crippen LogP contribution in [-0.4, -0.2) is 65.5 Å². The summed E-state index contributed by atoms with van der Waals surface area (Å²) in [5, 5.41) is 2.90. The van der Waals surface area contributed by atoms with E-state index in [0.29, 0.717) is 37.6 Å². The maximum Gasteiger partial charge on any atom is 0.325 e. The zero-order valence-electron chi connectivity index (χ0n) is 17.6. The largest absolute Gasteiger partial charge is 0.486 e. The second-order valence-corrected chi connectivity index (χ2v) is 8.37. The Morgan fingerprint density at radius 1 is 1.27 bits per heavy atom. The van der Waals surface area contributed by atoms with E-state index in [1.807, 2.05) is 38.1 Å². The van der Waals surface area contributed by atoms with Crippen molar-refractivity contribution in [1.29, 1.82) is 0 Å². The van der Waals surface area contributed by atoms with Gasteiger partial charge in [0, 0.05) is 6.54 Å². The normalized spacial score (nSPS) is 27.9. The van der Waals surface area contributed by atoms with Gasteiger partial charge in [0.25, 0.3) is 5.91 Å². The number of nitrogens with one attached hydrogen (secondary N) is 1. The monoisotopic (exact) mass is 415 g/mol. The molecule has 1 spiro atoms. The number of hydrogen-bond acceptors (Lipinski definition) is 5. The number of fused-ring (bicyclic) bond motifs is 1. The van der Waals surface area contributed by atoms with Crippen molar-refractivity contribution >= 4 is 17.8 Å². The van der Waals surface area contributed by atoms with E-state index in [9.17, 15) is 14.4 Å². The quantitative estimate of drug-likeness (QED) is 0.745. The topological polar surface area (TPSA) is 88.2 Å². The molecule has 0 unspecified atom stereocenters. The number of benzene rings is 1. The first-order chi connectivity index (χ1) is 14.4. The summed E-state index contributed by atoms with van der Waals surface area (Å²) in [5.74, 6) is 0.867. The van der Waals surface area contributed by atoms with Gasteiger partial charge in [-0.05, 0) is 37.8 Å². The lowest BCUT2D eigenvalue weighted by Gasteiger charge is -2.37. The van der Waals surface area contributed by atoms with Crippen molar-refractivity contribution in [3.63, 3.8) is 0 Å². The van der Waals surface area contributed by atoms with Gasteiger partial charge in [0.2, 0.25) is 5.91 Å². The molecule has 2 aliphatic heterocycles. The zero-order chi connectivity index (χ0) is 21.3. The summed E-state index contributed by atoms with van der Waals surface area (Å²) in [6.07, 6.45) is 3.18. The molecule has 1 aliphatic carbocycles. The van der Waals surface area contributed by atoms with Crippen molar-refractivity contribution < 1.29 is 23.9 Å². The van der Waals surface area contributed by atoms with Crippen molar-refractivity contribution in [3.8, 4) is 11.5 Å². The first-order valence-electron chi connectivity index (χ1n) is 10.7. The summed E-state index contributed by atoms with van der Waals surface area (Å²) in [4.78, 5) is 41.3. The number of rotatable bonds is 5. The van der Waals surface area contributed by atoms with Gasteiger partial charge in [-0.2, -0.15) is 0 Å². The predicted octanol–water partition coefficient (Wildman–Crippen LogP) is 2.18. The number of carbonyl (C=O) groups is 3. The molecular weight excluding hydrogens is 386 g/mol. The Bertz CT molecular complexity index is 844. The fraction of sp³-hybridized carbons (Fsp3) is 0.591. The first kappa shape index (κ1) is 20.5. The van der Waals surface area contributed by atoms with E-state index in [0.717, 1.165) is 24.2 Å². The van der Waals surface area contributed by atoms with Crippen LogP contribution in [-0.2, 0) is 9.59 Å². The number of hydrogen-bond donors (Lipinski definition) is 1. The number of para-hydroxylation sites is 2. The average molecular weight is 415 g/mol. The van der Waals surface area contributed by atoms with E-state index in [-0.39, 0.29) is 30.4 Å². The molecule has 0 radical (unpaired) electrons. The van der Waals surface area contributed by atoms with Crippen molar-refractivity contribution in [2.24, 2.45) is 5.92 Å². The van der Waals surface area contributed by atoms with E-state index in [4.69, 9.17) is 9.47 Å². The molecule has 2 fully saturated rings. The van der Waals surface area contributed by atoms with Crippen LogP contribution in [0.15, 0.2) is 24.3 Å². The molecule has 162 valence electrons. The molecule has 8 heteroatoms. The lowest BCUT2D eigenvalue weighted by molar-refractivity contribution is -0.141. The van der Waals surface area contributed by atoms with Gasteiger partial charge in [-0.25, -0.2) is 4.79 Å². The Labute approximate surface area is 176 Å². The Morgan fingerprint density at radius 2 is 2.03 bits per heavy atom. The van der Waals surface area contributed by atoms with Crippen LogP contribution in [0, 0.1) is 5.92 Å². The van der Waals surface area contributed by atoms with Gasteiger partial charge in [-0.15, -0.1) is 0 Å². The van der Waals surface area contributed by atoms with Crippen LogP contribution in [0.2, 0.25) is 0 Å². The van der Waals surface area contributed by atoms with Crippen molar-refractivity contribution in [2.75, 3.05) is 26.2 Å². The molecule has 0 bridgehead atoms. The van der Waals surface area contributed by atoms with Gasteiger partial charge in [0.15, 0.2) is 17.6 Å². The van der Waals surface area contributed by atoms with Crippen LogP contribution in [0.3, 0.4) is 0 Å². The standard InChI is InChI=1S/C22H29N3O5/c1-3-24(12-16-14-29-17-9-4-5-10-18(17)30-16)19(26)13-25-20(27)22(23-21(25)28)11-7-6-8-15(22)2/h4-5,9-10,15-16H,3,6-8,11-14H2,1-2H3,(H,23,28)/t15-,16-,22-/m1/s1. The second kappa shape index (κ2) is 8.16. The molecule has 4 amide bonds. The molecule has 4 rings (SSSR count). The fourth-order valence-electron chi connectivity index (χ4n) is 4.68. The third kappa shape index (κ3) is 3.59. The number of nitrogens with zero attached hydrogens (tertiary/aromatic N) is 2. The van der Waals surface area contributed by atoms with E-state index in [1.165, 1.54) is 0 Å². The SMILES string of the molecule is CCN(C[C@@H]1COc2ccccc2O1)C(=O)CN1C(=O)N[C@@]2(CCCC[C@H]2C)C1=O. The van der Waals surface area contributed by atoms with Crippen LogP contribution >= 0.6 is 0 Å². The lowest BCUT2D eigenvalue weighted by Crippen LogP contribution is -2.54. The molecule has 0 aromatic heterocycles. The summed E-state index contributed by atoms with van der Waals surface area (Å²) in [7, 11) is 0. The van der Waals surface area contributed by atoms with E-state index in [2.05, 4.69) is 5.32 Å². The molecule has 1 aromatic rings. The summed E-state index contributed by atoms with van der Waals surface area (Å²) < 4.78 is 11.7. The molecule has 3 atom stereocenters. The Hall–Kier alpha value is -2.77. The molecule has 8 nitrogen and oxygen atoms in total. The van der Waals surface area contributed by atoms with Crippen LogP contribution in [0.25, 0.3) is 0 Å². The molecule has 1 saturated heterocycles. The maximum atomic E-state index is 13.1. The minimum atomic E-state index is -0.851. The molecule has 1 saturated carbocycles. The highest BCUT2D eigenvalue weighted by Crippen LogP contribution is 2.38. The summed E-state index contributed by atoms with van der Waals surface area (Å²) in [5.41, 5.74) is -0.851. The van der Waals surface area contributed by atoms with Gasteiger partial charge in [0.1, 0.15) is 18.7 Å². The zero-order valence-corrected chi connectivity index (χ0v) is 17.6. The Balaban J connectivity index is 1.40. The number of imide groups is 1. The smallest absolute Gasteiger partial charge is 0.325 e. The summed E-state index contributed by atoms with van der Waals surface area (Å²) in [6, 6.07) is 6.95. The number of carbonyl (C=O) groups excluding carboxylic acids is 3. The average Bonchev–Trinajstić information content (AvgIpc) is 2.98. The van der Waals surface area contributed by atoms with E-state index >= 15 is 0 Å². The summed E-state index contributed by atoms with van der Waals surface area (Å²) in [6.45, 7) is 4.73. The second-order valence-electron chi connectivity index (χ2n) is 8.37. The van der Waals surface area contributed by atoms with Crippen LogP contribution in [0.5, 0.6) is 11.5 Å². The highest BCUT2D eigenvalue weighted by atomic mass is 16.6. The van der Waals surface area contributed by atoms with E-state index in [1.54, 1.807) is 4.90 Å². The third-order valence-electron chi connectivity index (χ3n) is 6.52. The van der Waals surface area contributed by atoms with Gasteiger partial charge >= 0.3 is 6.03 Å². The minimum Gasteiger partial charge on any atom is -0.486 e. The van der Waals surface area contributed by atoms with Crippen molar-refractivity contribution in [3.05, 3.63) is 24.3 Å². The summed E-state index contributed by atoms with van der Waals surface area (Å²) >= 11 is 0. The predicted molar refractivity (Wildman–Crippen MR) is 109 cm³/mol. The van der Waals surface area contributed by atoms with Gasteiger partial charge in [0.05, 0.1) is 6.54 Å². The minimum absolute atomic E-state index is 0.0675. The Morgan fingerprint density at radius 3 is 2.77 bits per heavy atom. The fourth-order valence-corrected chi connectivity index (χ4v) is 4.68. The molecule has 3 aliphatic rings. The Kier molecular flexibility index (Phi) is 5.58. The number of urea groups is 1. The van der Waals surface area contributed by atoms with Crippen molar-refractivity contribution in [2.45, 2.75) is 51.2 Å². The molecular formula is C22H29N3O5. The number of ether oxygens (including phenoxy) is 2. The van der Waals surface area contributed by atoms with Crippen LogP contribution in [0.4, 0.5) is 4.79 Å². The highest BCUT2D eigenvalue weighted by molar-refractivity contribution is 6.09. The molecule has 30 heavy (non-hydrogen) atoms. The van der Waals surface area contributed by atoms with E-state index < -0.39 is 11.6 Å². The van der Waals surface area contributed by atoms with Crippen LogP contribution in [0.1, 0.15) is 39.5 Å².